The van der Waals surface area contributed by atoms with Crippen molar-refractivity contribution < 1.29 is 18.8 Å². The van der Waals surface area contributed by atoms with Crippen LogP contribution in [-0.2, 0) is 9.59 Å². The van der Waals surface area contributed by atoms with Crippen molar-refractivity contribution in [2.24, 2.45) is 0 Å². The van der Waals surface area contributed by atoms with Crippen molar-refractivity contribution in [3.05, 3.63) is 35.6 Å². The Bertz CT molecular complexity index is 508. The number of halogens is 1. The van der Waals surface area contributed by atoms with Gasteiger partial charge in [-0.05, 0) is 37.1 Å². The predicted octanol–water partition coefficient (Wildman–Crippen LogP) is 2.33. The van der Waals surface area contributed by atoms with E-state index in [4.69, 9.17) is 0 Å². The second kappa shape index (κ2) is 6.41. The lowest BCUT2D eigenvalue weighted by atomic mass is 10.1. The number of carbonyl (C=O) groups excluding carboxylic acids is 3. The molecule has 0 N–H and O–H groups in total. The van der Waals surface area contributed by atoms with Gasteiger partial charge in [-0.15, -0.1) is 0 Å². The van der Waals surface area contributed by atoms with Crippen LogP contribution in [0.25, 0.3) is 0 Å². The van der Waals surface area contributed by atoms with Crippen molar-refractivity contribution in [3.63, 3.8) is 0 Å². The molecule has 5 heteroatoms. The molecule has 1 aromatic rings. The van der Waals surface area contributed by atoms with Gasteiger partial charge in [-0.3, -0.25) is 19.3 Å². The summed E-state index contributed by atoms with van der Waals surface area (Å²) in [5.41, 5.74) is 0.447. The normalized spacial score (nSPS) is 15.6. The summed E-state index contributed by atoms with van der Waals surface area (Å²) >= 11 is 0. The van der Waals surface area contributed by atoms with Gasteiger partial charge in [0.15, 0.2) is 5.78 Å². The first kappa shape index (κ1) is 14.4. The minimum atomic E-state index is -0.383. The Balaban J connectivity index is 1.83. The predicted molar refractivity (Wildman–Crippen MR) is 70.5 cm³/mol. The summed E-state index contributed by atoms with van der Waals surface area (Å²) in [5, 5.41) is 0. The molecular formula is C15H16FNO3. The maximum atomic E-state index is 12.7. The van der Waals surface area contributed by atoms with E-state index in [9.17, 15) is 18.8 Å². The zero-order valence-corrected chi connectivity index (χ0v) is 11.1. The van der Waals surface area contributed by atoms with Gasteiger partial charge in [-0.1, -0.05) is 0 Å². The number of carbonyl (C=O) groups is 3. The summed E-state index contributed by atoms with van der Waals surface area (Å²) in [6.07, 6.45) is 2.09. The standard InChI is InChI=1S/C15H16FNO3/c16-12-8-6-11(7-9-12)13(18)3-2-10-17-14(19)4-1-5-15(17)20/h6-9H,1-5,10H2. The first-order valence-electron chi connectivity index (χ1n) is 6.70. The highest BCUT2D eigenvalue weighted by Crippen LogP contribution is 2.14. The molecule has 4 nitrogen and oxygen atoms in total. The van der Waals surface area contributed by atoms with Gasteiger partial charge in [-0.2, -0.15) is 0 Å². The molecular weight excluding hydrogens is 261 g/mol. The van der Waals surface area contributed by atoms with Crippen molar-refractivity contribution in [2.75, 3.05) is 6.54 Å². The average molecular weight is 277 g/mol. The molecule has 106 valence electrons. The Morgan fingerprint density at radius 1 is 1.10 bits per heavy atom. The fraction of sp³-hybridized carbons (Fsp3) is 0.400. The van der Waals surface area contributed by atoms with Gasteiger partial charge in [0.1, 0.15) is 5.82 Å². The highest BCUT2D eigenvalue weighted by molar-refractivity contribution is 5.98. The highest BCUT2D eigenvalue weighted by Gasteiger charge is 2.25. The summed E-state index contributed by atoms with van der Waals surface area (Å²) in [7, 11) is 0. The average Bonchev–Trinajstić information content (AvgIpc) is 2.42. The van der Waals surface area contributed by atoms with Gasteiger partial charge in [0.05, 0.1) is 0 Å². The maximum absolute atomic E-state index is 12.7. The second-order valence-corrected chi connectivity index (χ2v) is 4.83. The molecule has 0 unspecified atom stereocenters. The molecule has 1 saturated heterocycles. The summed E-state index contributed by atoms with van der Waals surface area (Å²) < 4.78 is 12.7. The highest BCUT2D eigenvalue weighted by atomic mass is 19.1. The number of piperidine rings is 1. The van der Waals surface area contributed by atoms with E-state index in [0.717, 1.165) is 0 Å². The lowest BCUT2D eigenvalue weighted by Gasteiger charge is -2.24. The summed E-state index contributed by atoms with van der Waals surface area (Å²) in [6.45, 7) is 0.282. The molecule has 0 spiro atoms. The third-order valence-electron chi connectivity index (χ3n) is 3.34. The second-order valence-electron chi connectivity index (χ2n) is 4.83. The summed E-state index contributed by atoms with van der Waals surface area (Å²) in [5.74, 6) is -0.807. The smallest absolute Gasteiger partial charge is 0.229 e. The molecule has 0 aliphatic carbocycles. The van der Waals surface area contributed by atoms with Gasteiger partial charge in [0.2, 0.25) is 11.8 Å². The van der Waals surface area contributed by atoms with E-state index in [1.54, 1.807) is 0 Å². The molecule has 1 heterocycles. The SMILES string of the molecule is O=C(CCCN1C(=O)CCCC1=O)c1ccc(F)cc1. The van der Waals surface area contributed by atoms with Crippen LogP contribution in [-0.4, -0.2) is 29.0 Å². The monoisotopic (exact) mass is 277 g/mol. The molecule has 2 amide bonds. The fourth-order valence-electron chi connectivity index (χ4n) is 2.23. The van der Waals surface area contributed by atoms with Crippen LogP contribution in [0.4, 0.5) is 4.39 Å². The van der Waals surface area contributed by atoms with E-state index in [0.29, 0.717) is 31.2 Å². The van der Waals surface area contributed by atoms with Gasteiger partial charge in [-0.25, -0.2) is 4.39 Å². The van der Waals surface area contributed by atoms with E-state index in [1.807, 2.05) is 0 Å². The van der Waals surface area contributed by atoms with Gasteiger partial charge in [0.25, 0.3) is 0 Å². The third kappa shape index (κ3) is 3.50. The van der Waals surface area contributed by atoms with E-state index in [2.05, 4.69) is 0 Å². The van der Waals surface area contributed by atoms with Crippen LogP contribution in [0.3, 0.4) is 0 Å². The first-order valence-corrected chi connectivity index (χ1v) is 6.70. The summed E-state index contributed by atoms with van der Waals surface area (Å²) in [4.78, 5) is 36.2. The number of hydrogen-bond acceptors (Lipinski definition) is 3. The molecule has 1 aliphatic heterocycles. The molecule has 1 aromatic carbocycles. The number of rotatable bonds is 5. The zero-order valence-electron chi connectivity index (χ0n) is 11.1. The van der Waals surface area contributed by atoms with Crippen LogP contribution >= 0.6 is 0 Å². The van der Waals surface area contributed by atoms with Gasteiger partial charge >= 0.3 is 0 Å². The first-order chi connectivity index (χ1) is 9.58. The van der Waals surface area contributed by atoms with Crippen LogP contribution in [0.1, 0.15) is 42.5 Å². The fourth-order valence-corrected chi connectivity index (χ4v) is 2.23. The quantitative estimate of drug-likeness (QED) is 0.613. The number of nitrogens with zero attached hydrogens (tertiary/aromatic N) is 1. The molecule has 0 radical (unpaired) electrons. The largest absolute Gasteiger partial charge is 0.294 e. The number of ketones is 1. The van der Waals surface area contributed by atoms with Crippen LogP contribution in [0.5, 0.6) is 0 Å². The van der Waals surface area contributed by atoms with E-state index >= 15 is 0 Å². The van der Waals surface area contributed by atoms with Crippen molar-refractivity contribution in [1.82, 2.24) is 4.90 Å². The lowest BCUT2D eigenvalue weighted by molar-refractivity contribution is -0.147. The van der Waals surface area contributed by atoms with Crippen molar-refractivity contribution in [2.45, 2.75) is 32.1 Å². The minimum absolute atomic E-state index is 0.109. The van der Waals surface area contributed by atoms with Crippen LogP contribution in [0, 0.1) is 5.82 Å². The van der Waals surface area contributed by atoms with E-state index in [-0.39, 0.29) is 36.4 Å². The van der Waals surface area contributed by atoms with Crippen molar-refractivity contribution in [3.8, 4) is 0 Å². The van der Waals surface area contributed by atoms with Crippen molar-refractivity contribution >= 4 is 17.6 Å². The molecule has 1 aliphatic rings. The molecule has 0 bridgehead atoms. The minimum Gasteiger partial charge on any atom is -0.294 e. The molecule has 1 fully saturated rings. The topological polar surface area (TPSA) is 54.5 Å². The lowest BCUT2D eigenvalue weighted by Crippen LogP contribution is -2.40. The number of benzene rings is 1. The Labute approximate surface area is 116 Å². The molecule has 0 aromatic heterocycles. The number of hydrogen-bond donors (Lipinski definition) is 0. The van der Waals surface area contributed by atoms with Crippen LogP contribution in [0.2, 0.25) is 0 Å². The van der Waals surface area contributed by atoms with Crippen LogP contribution < -0.4 is 0 Å². The molecule has 20 heavy (non-hydrogen) atoms. The molecule has 0 saturated carbocycles. The Morgan fingerprint density at radius 3 is 2.30 bits per heavy atom. The summed E-state index contributed by atoms with van der Waals surface area (Å²) in [6, 6.07) is 5.36. The molecule has 2 rings (SSSR count). The zero-order chi connectivity index (χ0) is 14.5. The number of likely N-dealkylation sites (tertiary alicyclic amines) is 1. The van der Waals surface area contributed by atoms with Gasteiger partial charge < -0.3 is 0 Å². The van der Waals surface area contributed by atoms with E-state index < -0.39 is 0 Å². The number of Topliss-reactive ketones (excluding diaryl/α,β-unsaturated/α-hetero) is 1. The van der Waals surface area contributed by atoms with Crippen molar-refractivity contribution in [1.29, 1.82) is 0 Å². The maximum Gasteiger partial charge on any atom is 0.229 e. The van der Waals surface area contributed by atoms with E-state index in [1.165, 1.54) is 29.2 Å². The Morgan fingerprint density at radius 2 is 1.70 bits per heavy atom. The Hall–Kier alpha value is -2.04. The van der Waals surface area contributed by atoms with Crippen LogP contribution in [0.15, 0.2) is 24.3 Å². The number of imide groups is 1. The van der Waals surface area contributed by atoms with Gasteiger partial charge in [0, 0.05) is 31.4 Å². The Kier molecular flexibility index (Phi) is 4.61. The molecule has 0 atom stereocenters. The third-order valence-corrected chi connectivity index (χ3v) is 3.34. The number of amides is 2.